The molecular weight excluding hydrogens is 394 g/mol. The molecular formula is C24H27N3O2S. The molecule has 2 aromatic carbocycles. The quantitative estimate of drug-likeness (QED) is 0.576. The Balaban J connectivity index is 1.31. The molecule has 0 atom stereocenters. The fourth-order valence-corrected chi connectivity index (χ4v) is 4.23. The molecule has 1 fully saturated rings. The molecule has 1 aliphatic rings. The zero-order valence-corrected chi connectivity index (χ0v) is 17.9. The van der Waals surface area contributed by atoms with Gasteiger partial charge in [-0.15, -0.1) is 11.3 Å². The van der Waals surface area contributed by atoms with E-state index in [0.717, 1.165) is 31.1 Å². The van der Waals surface area contributed by atoms with Gasteiger partial charge in [0.1, 0.15) is 12.4 Å². The molecule has 1 saturated heterocycles. The number of carbonyl (C=O) groups excluding carboxylic acids is 1. The van der Waals surface area contributed by atoms with E-state index in [4.69, 9.17) is 4.74 Å². The number of rotatable bonds is 8. The van der Waals surface area contributed by atoms with Gasteiger partial charge in [-0.05, 0) is 61.3 Å². The summed E-state index contributed by atoms with van der Waals surface area (Å²) in [7, 11) is 0. The summed E-state index contributed by atoms with van der Waals surface area (Å²) >= 11 is 1.55. The molecule has 0 spiro atoms. The topological polar surface area (TPSA) is 54.5 Å². The summed E-state index contributed by atoms with van der Waals surface area (Å²) in [6, 6.07) is 15.6. The SMILES string of the molecule is O=C(NCc1ccccc1CN1CCCCC1)c1ccc(OCc2cscn2)cc1. The zero-order chi connectivity index (χ0) is 20.6. The highest BCUT2D eigenvalue weighted by molar-refractivity contribution is 7.07. The van der Waals surface area contributed by atoms with Gasteiger partial charge in [0.25, 0.3) is 5.91 Å². The summed E-state index contributed by atoms with van der Waals surface area (Å²) in [5.41, 5.74) is 5.80. The molecule has 0 unspecified atom stereocenters. The van der Waals surface area contributed by atoms with Gasteiger partial charge in [0.2, 0.25) is 0 Å². The lowest BCUT2D eigenvalue weighted by molar-refractivity contribution is 0.0950. The Labute approximate surface area is 181 Å². The van der Waals surface area contributed by atoms with Gasteiger partial charge in [0.15, 0.2) is 0 Å². The van der Waals surface area contributed by atoms with E-state index in [-0.39, 0.29) is 5.91 Å². The summed E-state index contributed by atoms with van der Waals surface area (Å²) < 4.78 is 5.71. The molecule has 0 saturated carbocycles. The Morgan fingerprint density at radius 1 is 1.03 bits per heavy atom. The van der Waals surface area contributed by atoms with E-state index in [1.54, 1.807) is 29.0 Å². The first kappa shape index (κ1) is 20.6. The molecule has 0 bridgehead atoms. The van der Waals surface area contributed by atoms with Crippen LogP contribution in [0.4, 0.5) is 0 Å². The van der Waals surface area contributed by atoms with Crippen LogP contribution in [0.1, 0.15) is 46.4 Å². The minimum atomic E-state index is -0.0752. The van der Waals surface area contributed by atoms with Crippen LogP contribution in [0.25, 0.3) is 0 Å². The minimum absolute atomic E-state index is 0.0752. The summed E-state index contributed by atoms with van der Waals surface area (Å²) in [5.74, 6) is 0.653. The van der Waals surface area contributed by atoms with E-state index < -0.39 is 0 Å². The van der Waals surface area contributed by atoms with Crippen LogP contribution in [-0.2, 0) is 19.7 Å². The van der Waals surface area contributed by atoms with Gasteiger partial charge in [-0.25, -0.2) is 4.98 Å². The van der Waals surface area contributed by atoms with Gasteiger partial charge in [-0.3, -0.25) is 9.69 Å². The number of aromatic nitrogens is 1. The second-order valence-electron chi connectivity index (χ2n) is 7.58. The number of nitrogens with one attached hydrogen (secondary N) is 1. The molecule has 1 aromatic heterocycles. The molecule has 1 N–H and O–H groups in total. The third-order valence-corrected chi connectivity index (χ3v) is 6.02. The smallest absolute Gasteiger partial charge is 0.251 e. The van der Waals surface area contributed by atoms with Gasteiger partial charge >= 0.3 is 0 Å². The highest BCUT2D eigenvalue weighted by Crippen LogP contribution is 2.17. The molecule has 1 aliphatic heterocycles. The number of likely N-dealkylation sites (tertiary alicyclic amines) is 1. The van der Waals surface area contributed by atoms with Crippen LogP contribution in [0.15, 0.2) is 59.4 Å². The number of hydrogen-bond acceptors (Lipinski definition) is 5. The van der Waals surface area contributed by atoms with Crippen molar-refractivity contribution in [2.45, 2.75) is 39.0 Å². The van der Waals surface area contributed by atoms with Crippen LogP contribution in [-0.4, -0.2) is 28.9 Å². The standard InChI is InChI=1S/C24H27N3O2S/c28-24(19-8-10-23(11-9-19)29-16-22-17-30-18-26-22)25-14-20-6-2-3-7-21(20)15-27-12-4-1-5-13-27/h2-3,6-11,17-18H,1,4-5,12-16H2,(H,25,28). The fourth-order valence-electron chi connectivity index (χ4n) is 3.69. The number of ether oxygens (including phenoxy) is 1. The summed E-state index contributed by atoms with van der Waals surface area (Å²) in [4.78, 5) is 19.3. The van der Waals surface area contributed by atoms with E-state index in [9.17, 15) is 4.79 Å². The van der Waals surface area contributed by atoms with Gasteiger partial charge in [-0.1, -0.05) is 30.7 Å². The van der Waals surface area contributed by atoms with Crippen molar-refractivity contribution >= 4 is 17.2 Å². The molecule has 5 nitrogen and oxygen atoms in total. The van der Waals surface area contributed by atoms with Crippen LogP contribution in [0, 0.1) is 0 Å². The van der Waals surface area contributed by atoms with Crippen LogP contribution < -0.4 is 10.1 Å². The van der Waals surface area contributed by atoms with E-state index in [1.807, 2.05) is 23.6 Å². The average molecular weight is 422 g/mol. The van der Waals surface area contributed by atoms with Crippen molar-refractivity contribution in [1.82, 2.24) is 15.2 Å². The lowest BCUT2D eigenvalue weighted by Crippen LogP contribution is -2.30. The highest BCUT2D eigenvalue weighted by atomic mass is 32.1. The molecule has 1 amide bonds. The summed E-state index contributed by atoms with van der Waals surface area (Å²) in [6.07, 6.45) is 3.90. The molecule has 156 valence electrons. The average Bonchev–Trinajstić information content (AvgIpc) is 3.32. The number of benzene rings is 2. The van der Waals surface area contributed by atoms with Gasteiger partial charge < -0.3 is 10.1 Å². The summed E-state index contributed by atoms with van der Waals surface area (Å²) in [5, 5.41) is 5.02. The molecule has 4 rings (SSSR count). The van der Waals surface area contributed by atoms with E-state index in [0.29, 0.717) is 18.7 Å². The molecule has 6 heteroatoms. The maximum absolute atomic E-state index is 12.6. The zero-order valence-electron chi connectivity index (χ0n) is 17.0. The van der Waals surface area contributed by atoms with Crippen LogP contribution in [0.2, 0.25) is 0 Å². The van der Waals surface area contributed by atoms with E-state index >= 15 is 0 Å². The highest BCUT2D eigenvalue weighted by Gasteiger charge is 2.13. The van der Waals surface area contributed by atoms with Crippen molar-refractivity contribution in [2.24, 2.45) is 0 Å². The van der Waals surface area contributed by atoms with Crippen molar-refractivity contribution in [1.29, 1.82) is 0 Å². The Morgan fingerprint density at radius 2 is 1.80 bits per heavy atom. The molecule has 0 aliphatic carbocycles. The maximum atomic E-state index is 12.6. The lowest BCUT2D eigenvalue weighted by Gasteiger charge is -2.27. The van der Waals surface area contributed by atoms with Crippen molar-refractivity contribution in [2.75, 3.05) is 13.1 Å². The second-order valence-corrected chi connectivity index (χ2v) is 8.30. The Bertz CT molecular complexity index is 935. The Hall–Kier alpha value is -2.70. The van der Waals surface area contributed by atoms with Crippen LogP contribution in [0.3, 0.4) is 0 Å². The molecule has 2 heterocycles. The van der Waals surface area contributed by atoms with Crippen molar-refractivity contribution in [3.05, 3.63) is 81.8 Å². The van der Waals surface area contributed by atoms with Crippen LogP contribution in [0.5, 0.6) is 5.75 Å². The van der Waals surface area contributed by atoms with Crippen molar-refractivity contribution in [3.63, 3.8) is 0 Å². The number of nitrogens with zero attached hydrogens (tertiary/aromatic N) is 2. The predicted molar refractivity (Wildman–Crippen MR) is 120 cm³/mol. The normalized spacial score (nSPS) is 14.4. The predicted octanol–water partition coefficient (Wildman–Crippen LogP) is 4.64. The van der Waals surface area contributed by atoms with Gasteiger partial charge in [-0.2, -0.15) is 0 Å². The van der Waals surface area contributed by atoms with Crippen LogP contribution >= 0.6 is 11.3 Å². The molecule has 0 radical (unpaired) electrons. The third-order valence-electron chi connectivity index (χ3n) is 5.39. The first-order chi connectivity index (χ1) is 14.8. The van der Waals surface area contributed by atoms with E-state index in [2.05, 4.69) is 33.4 Å². The number of carbonyl (C=O) groups is 1. The van der Waals surface area contributed by atoms with Gasteiger partial charge in [0, 0.05) is 24.0 Å². The monoisotopic (exact) mass is 421 g/mol. The lowest BCUT2D eigenvalue weighted by atomic mass is 10.0. The number of thiazole rings is 1. The second kappa shape index (κ2) is 10.4. The first-order valence-corrected chi connectivity index (χ1v) is 11.4. The van der Waals surface area contributed by atoms with Crippen molar-refractivity contribution in [3.8, 4) is 5.75 Å². The van der Waals surface area contributed by atoms with E-state index in [1.165, 1.54) is 30.4 Å². The van der Waals surface area contributed by atoms with Gasteiger partial charge in [0.05, 0.1) is 11.2 Å². The number of piperidine rings is 1. The summed E-state index contributed by atoms with van der Waals surface area (Å²) in [6.45, 7) is 4.25. The molecule has 30 heavy (non-hydrogen) atoms. The molecule has 3 aromatic rings. The largest absolute Gasteiger partial charge is 0.487 e. The fraction of sp³-hybridized carbons (Fsp3) is 0.333. The van der Waals surface area contributed by atoms with Crippen molar-refractivity contribution < 1.29 is 9.53 Å². The first-order valence-electron chi connectivity index (χ1n) is 10.5. The Kier molecular flexibility index (Phi) is 7.11. The third kappa shape index (κ3) is 5.68. The number of hydrogen-bond donors (Lipinski definition) is 1. The number of amides is 1. The minimum Gasteiger partial charge on any atom is -0.487 e. The Morgan fingerprint density at radius 3 is 2.53 bits per heavy atom. The maximum Gasteiger partial charge on any atom is 0.251 e.